The molecule has 8 heteroatoms. The van der Waals surface area contributed by atoms with E-state index in [2.05, 4.69) is 23.6 Å². The van der Waals surface area contributed by atoms with Crippen molar-refractivity contribution in [2.75, 3.05) is 6.54 Å². The van der Waals surface area contributed by atoms with Crippen molar-refractivity contribution in [2.24, 2.45) is 11.5 Å². The number of aromatic nitrogens is 1. The first-order valence-corrected chi connectivity index (χ1v) is 12.0. The van der Waals surface area contributed by atoms with Crippen LogP contribution in [-0.2, 0) is 11.3 Å². The van der Waals surface area contributed by atoms with Crippen molar-refractivity contribution in [3.8, 4) is 0 Å². The first-order chi connectivity index (χ1) is 16.3. The number of carbonyl (C=O) groups excluding carboxylic acids is 2. The first kappa shape index (κ1) is 22.7. The number of hydrogen-bond donors (Lipinski definition) is 2. The van der Waals surface area contributed by atoms with Crippen LogP contribution in [0.25, 0.3) is 21.8 Å². The maximum atomic E-state index is 13.1. The average molecular weight is 496 g/mol. The zero-order valence-corrected chi connectivity index (χ0v) is 20.2. The molecule has 0 spiro atoms. The Labute approximate surface area is 207 Å². The van der Waals surface area contributed by atoms with Crippen molar-refractivity contribution in [1.82, 2.24) is 9.05 Å². The molecule has 6 nitrogen and oxygen atoms in total. The molecule has 1 aliphatic heterocycles. The molecule has 4 aromatic rings. The van der Waals surface area contributed by atoms with Gasteiger partial charge in [-0.05, 0) is 42.8 Å². The van der Waals surface area contributed by atoms with E-state index in [0.29, 0.717) is 22.2 Å². The number of fused-ring (bicyclic) bond motifs is 3. The van der Waals surface area contributed by atoms with Gasteiger partial charge in [-0.1, -0.05) is 41.4 Å². The summed E-state index contributed by atoms with van der Waals surface area (Å²) in [7, 11) is 0. The zero-order chi connectivity index (χ0) is 24.2. The van der Waals surface area contributed by atoms with E-state index in [-0.39, 0.29) is 16.9 Å². The molecule has 174 valence electrons. The Balaban J connectivity index is 1.72. The maximum Gasteiger partial charge on any atom is 0.419 e. The Morgan fingerprint density at radius 2 is 1.65 bits per heavy atom. The number of primary amides is 2. The summed E-state index contributed by atoms with van der Waals surface area (Å²) < 4.78 is 1.89. The number of carbonyl (C=O) groups is 2. The Morgan fingerprint density at radius 3 is 2.29 bits per heavy atom. The third-order valence-electron chi connectivity index (χ3n) is 7.16. The molecule has 1 fully saturated rings. The van der Waals surface area contributed by atoms with Crippen LogP contribution in [-0.4, -0.2) is 29.1 Å². The normalized spacial score (nSPS) is 22.4. The van der Waals surface area contributed by atoms with Gasteiger partial charge < -0.3 is 16.0 Å². The number of likely N-dealkylation sites (tertiary alicyclic amines) is 1. The SMILES string of the molecule is CCn1c2ccccc2c2cc([N+]3(C(N)=O)CC(c4cc(Cl)cc(Cl)c4)CC3C(N)=O)ccc21. The van der Waals surface area contributed by atoms with Crippen molar-refractivity contribution < 1.29 is 9.59 Å². The number of halogens is 2. The van der Waals surface area contributed by atoms with Crippen LogP contribution < -0.4 is 16.0 Å². The molecule has 3 unspecified atom stereocenters. The molecule has 3 atom stereocenters. The molecule has 2 heterocycles. The Bertz CT molecular complexity index is 1440. The smallest absolute Gasteiger partial charge is 0.364 e. The van der Waals surface area contributed by atoms with E-state index >= 15 is 0 Å². The highest BCUT2D eigenvalue weighted by Gasteiger charge is 2.56. The fourth-order valence-electron chi connectivity index (χ4n) is 5.67. The van der Waals surface area contributed by atoms with Gasteiger partial charge in [0.25, 0.3) is 5.91 Å². The first-order valence-electron chi connectivity index (χ1n) is 11.2. The molecule has 34 heavy (non-hydrogen) atoms. The molecule has 0 bridgehead atoms. The van der Waals surface area contributed by atoms with Crippen LogP contribution in [0.3, 0.4) is 0 Å². The number of nitrogens with zero attached hydrogens (tertiary/aromatic N) is 2. The minimum Gasteiger partial charge on any atom is -0.364 e. The fourth-order valence-corrected chi connectivity index (χ4v) is 6.21. The largest absolute Gasteiger partial charge is 0.419 e. The van der Waals surface area contributed by atoms with Crippen LogP contribution in [0.5, 0.6) is 0 Å². The number of urea groups is 1. The number of amides is 3. The van der Waals surface area contributed by atoms with E-state index in [4.69, 9.17) is 34.7 Å². The van der Waals surface area contributed by atoms with Crippen LogP contribution in [0, 0.1) is 0 Å². The second-order valence-electron chi connectivity index (χ2n) is 8.91. The summed E-state index contributed by atoms with van der Waals surface area (Å²) in [4.78, 5) is 25.8. The van der Waals surface area contributed by atoms with Crippen molar-refractivity contribution in [1.29, 1.82) is 0 Å². The molecule has 1 saturated heterocycles. The van der Waals surface area contributed by atoms with Gasteiger partial charge >= 0.3 is 6.03 Å². The van der Waals surface area contributed by atoms with Gasteiger partial charge in [-0.2, -0.15) is 4.48 Å². The summed E-state index contributed by atoms with van der Waals surface area (Å²) in [6.45, 7) is 3.19. The summed E-state index contributed by atoms with van der Waals surface area (Å²) in [6, 6.07) is 17.9. The molecule has 3 amide bonds. The lowest BCUT2D eigenvalue weighted by molar-refractivity contribution is -0.121. The monoisotopic (exact) mass is 495 g/mol. The molecule has 0 radical (unpaired) electrons. The predicted octanol–water partition coefficient (Wildman–Crippen LogP) is 5.55. The minimum absolute atomic E-state index is 0.172. The van der Waals surface area contributed by atoms with Gasteiger partial charge in [0.15, 0.2) is 6.04 Å². The lowest BCUT2D eigenvalue weighted by atomic mass is 9.96. The van der Waals surface area contributed by atoms with Gasteiger partial charge in [0.2, 0.25) is 0 Å². The standard InChI is InChI=1S/C26H24Cl2N4O2/c1-2-31-22-6-4-3-5-20(22)21-13-19(7-8-23(21)31)32(26(30)34)14-16(11-24(32)25(29)33)15-9-17(27)12-18(28)10-15/h3-10,12-13,16,24H,2,11,14H2,1H3,(H3-,29,30,33,34)/p+1. The molecule has 4 N–H and O–H groups in total. The van der Waals surface area contributed by atoms with Crippen molar-refractivity contribution in [3.63, 3.8) is 0 Å². The molecule has 0 saturated carbocycles. The van der Waals surface area contributed by atoms with Crippen LogP contribution in [0.15, 0.2) is 60.7 Å². The minimum atomic E-state index is -0.808. The predicted molar refractivity (Wildman–Crippen MR) is 138 cm³/mol. The topological polar surface area (TPSA) is 91.1 Å². The second-order valence-corrected chi connectivity index (χ2v) is 9.78. The number of para-hydroxylation sites is 1. The Kier molecular flexibility index (Phi) is 5.55. The molecule has 1 aromatic heterocycles. The summed E-state index contributed by atoms with van der Waals surface area (Å²) in [5.74, 6) is -0.737. The van der Waals surface area contributed by atoms with E-state index in [9.17, 15) is 9.59 Å². The number of nitrogens with two attached hydrogens (primary N) is 2. The quantitative estimate of drug-likeness (QED) is 0.363. The third kappa shape index (κ3) is 3.36. The molecule has 1 aliphatic rings. The van der Waals surface area contributed by atoms with Gasteiger partial charge in [0.05, 0.1) is 6.54 Å². The number of hydrogen-bond acceptors (Lipinski definition) is 2. The van der Waals surface area contributed by atoms with Crippen LogP contribution >= 0.6 is 23.2 Å². The fraction of sp³-hybridized carbons (Fsp3) is 0.231. The molecule has 5 rings (SSSR count). The van der Waals surface area contributed by atoms with Gasteiger partial charge in [-0.3, -0.25) is 4.79 Å². The van der Waals surface area contributed by atoms with Gasteiger partial charge in [-0.25, -0.2) is 4.79 Å². The Hall–Kier alpha value is -3.06. The average Bonchev–Trinajstić information content (AvgIpc) is 3.36. The highest BCUT2D eigenvalue weighted by Crippen LogP contribution is 2.44. The van der Waals surface area contributed by atoms with Crippen LogP contribution in [0.4, 0.5) is 10.5 Å². The molecular formula is C26H25Cl2N4O2+. The van der Waals surface area contributed by atoms with E-state index < -0.39 is 18.0 Å². The molecular weight excluding hydrogens is 471 g/mol. The van der Waals surface area contributed by atoms with E-state index in [1.54, 1.807) is 6.07 Å². The van der Waals surface area contributed by atoms with Crippen LogP contribution in [0.1, 0.15) is 24.8 Å². The lowest BCUT2D eigenvalue weighted by Crippen LogP contribution is -2.63. The molecule has 0 aliphatic carbocycles. The van der Waals surface area contributed by atoms with Gasteiger partial charge in [0.1, 0.15) is 5.69 Å². The highest BCUT2D eigenvalue weighted by atomic mass is 35.5. The number of quaternary nitrogens is 1. The Morgan fingerprint density at radius 1 is 0.971 bits per heavy atom. The molecule has 3 aromatic carbocycles. The highest BCUT2D eigenvalue weighted by molar-refractivity contribution is 6.34. The number of aryl methyl sites for hydroxylation is 1. The lowest BCUT2D eigenvalue weighted by Gasteiger charge is -2.33. The third-order valence-corrected chi connectivity index (χ3v) is 7.60. The van der Waals surface area contributed by atoms with Crippen LogP contribution in [0.2, 0.25) is 10.0 Å². The summed E-state index contributed by atoms with van der Waals surface area (Å²) in [5.41, 5.74) is 15.6. The van der Waals surface area contributed by atoms with E-state index in [1.165, 1.54) is 0 Å². The summed E-state index contributed by atoms with van der Waals surface area (Å²) >= 11 is 12.5. The van der Waals surface area contributed by atoms with Crippen molar-refractivity contribution >= 4 is 62.6 Å². The summed E-state index contributed by atoms with van der Waals surface area (Å²) in [6.07, 6.45) is 0.365. The number of rotatable bonds is 4. The summed E-state index contributed by atoms with van der Waals surface area (Å²) in [5, 5.41) is 3.08. The van der Waals surface area contributed by atoms with Crippen molar-refractivity contribution in [2.45, 2.75) is 31.8 Å². The van der Waals surface area contributed by atoms with E-state index in [1.807, 2.05) is 42.5 Å². The van der Waals surface area contributed by atoms with E-state index in [0.717, 1.165) is 33.9 Å². The van der Waals surface area contributed by atoms with Gasteiger partial charge in [-0.15, -0.1) is 0 Å². The van der Waals surface area contributed by atoms with Crippen molar-refractivity contribution in [3.05, 3.63) is 76.3 Å². The second kappa shape index (κ2) is 8.31. The maximum absolute atomic E-state index is 13.1. The zero-order valence-electron chi connectivity index (χ0n) is 18.7. The number of benzene rings is 3. The van der Waals surface area contributed by atoms with Gasteiger partial charge in [0, 0.05) is 62.9 Å².